The number of rotatable bonds is 9. The van der Waals surface area contributed by atoms with Crippen LogP contribution in [0.2, 0.25) is 0 Å². The van der Waals surface area contributed by atoms with Gasteiger partial charge in [0.05, 0.1) is 24.2 Å². The number of carbonyl (C=O) groups is 3. The first-order chi connectivity index (χ1) is 21.9. The van der Waals surface area contributed by atoms with Crippen LogP contribution < -0.4 is 25.3 Å². The van der Waals surface area contributed by atoms with Gasteiger partial charge >= 0.3 is 12.1 Å². The summed E-state index contributed by atoms with van der Waals surface area (Å²) in [6, 6.07) is 4.99. The lowest BCUT2D eigenvalue weighted by atomic mass is 9.96. The van der Waals surface area contributed by atoms with Gasteiger partial charge in [0.25, 0.3) is 0 Å². The number of nitrogens with one attached hydrogen (secondary N) is 1. The van der Waals surface area contributed by atoms with Gasteiger partial charge in [0.1, 0.15) is 29.5 Å². The topological polar surface area (TPSA) is 164 Å². The molecule has 1 saturated carbocycles. The number of fused-ring (bicyclic) bond motifs is 1. The van der Waals surface area contributed by atoms with Gasteiger partial charge in [-0.2, -0.15) is 0 Å². The van der Waals surface area contributed by atoms with E-state index in [9.17, 15) is 29.4 Å². The zero-order chi connectivity index (χ0) is 32.7. The third-order valence-electron chi connectivity index (χ3n) is 8.50. The minimum atomic E-state index is -1.39. The van der Waals surface area contributed by atoms with Crippen LogP contribution in [0.25, 0.3) is 11.0 Å². The number of anilines is 2. The Morgan fingerprint density at radius 2 is 1.93 bits per heavy atom. The lowest BCUT2D eigenvalue weighted by Gasteiger charge is -2.27. The number of hydrogen-bond acceptors (Lipinski definition) is 9. The van der Waals surface area contributed by atoms with E-state index in [0.29, 0.717) is 13.0 Å². The maximum Gasteiger partial charge on any atom is 0.414 e. The highest BCUT2D eigenvalue weighted by atomic mass is 19.1. The van der Waals surface area contributed by atoms with Gasteiger partial charge in [-0.1, -0.05) is 0 Å². The van der Waals surface area contributed by atoms with Crippen molar-refractivity contribution in [3.63, 3.8) is 0 Å². The Morgan fingerprint density at radius 1 is 1.15 bits per heavy atom. The van der Waals surface area contributed by atoms with Gasteiger partial charge in [-0.15, -0.1) is 0 Å². The summed E-state index contributed by atoms with van der Waals surface area (Å²) >= 11 is 0. The first kappa shape index (κ1) is 31.2. The number of aromatic nitrogens is 2. The molecule has 2 atom stereocenters. The monoisotopic (exact) mass is 641 g/mol. The van der Waals surface area contributed by atoms with Crippen molar-refractivity contribution >= 4 is 40.5 Å². The van der Waals surface area contributed by atoms with E-state index in [1.54, 1.807) is 9.47 Å². The number of nitrogens with zero attached hydrogens (tertiary/aromatic N) is 4. The summed E-state index contributed by atoms with van der Waals surface area (Å²) in [4.78, 5) is 55.3. The predicted octanol–water partition coefficient (Wildman–Crippen LogP) is 2.97. The molecule has 244 valence electrons. The molecule has 2 amide bonds. The minimum absolute atomic E-state index is 0.00377. The highest BCUT2D eigenvalue weighted by molar-refractivity contribution is 5.92. The van der Waals surface area contributed by atoms with Gasteiger partial charge in [0.15, 0.2) is 23.2 Å². The van der Waals surface area contributed by atoms with Gasteiger partial charge in [-0.25, -0.2) is 23.4 Å². The SMILES string of the molecule is CC(=O)NC[C@H]1CN(c2ccc(OCC3(O)CCCN(c4nc5c(cc4F)c(=O)c(C(=O)O)cn5C4CC4)CC3)c(F)c2)C(=O)O1. The number of pyridine rings is 2. The molecule has 1 aromatic carbocycles. The van der Waals surface area contributed by atoms with Crippen LogP contribution in [-0.2, 0) is 9.53 Å². The second-order valence-electron chi connectivity index (χ2n) is 12.0. The molecule has 0 spiro atoms. The fourth-order valence-electron chi connectivity index (χ4n) is 5.86. The predicted molar refractivity (Wildman–Crippen MR) is 160 cm³/mol. The third kappa shape index (κ3) is 6.32. The maximum absolute atomic E-state index is 15.4. The van der Waals surface area contributed by atoms with Gasteiger partial charge < -0.3 is 34.5 Å². The van der Waals surface area contributed by atoms with E-state index in [1.807, 2.05) is 0 Å². The van der Waals surface area contributed by atoms with Crippen LogP contribution in [0.3, 0.4) is 0 Å². The van der Waals surface area contributed by atoms with Gasteiger partial charge in [0.2, 0.25) is 11.3 Å². The van der Waals surface area contributed by atoms with Crippen molar-refractivity contribution in [1.29, 1.82) is 0 Å². The number of aromatic carboxylic acids is 1. The average molecular weight is 642 g/mol. The summed E-state index contributed by atoms with van der Waals surface area (Å²) in [6.45, 7) is 1.90. The van der Waals surface area contributed by atoms with Crippen LogP contribution >= 0.6 is 0 Å². The molecule has 4 heterocycles. The minimum Gasteiger partial charge on any atom is -0.488 e. The molecule has 3 aromatic rings. The average Bonchev–Trinajstić information content (AvgIpc) is 3.81. The Bertz CT molecular complexity index is 1780. The van der Waals surface area contributed by atoms with Gasteiger partial charge in [-0.3, -0.25) is 14.5 Å². The summed E-state index contributed by atoms with van der Waals surface area (Å²) in [5, 5.41) is 23.3. The zero-order valence-corrected chi connectivity index (χ0v) is 25.0. The molecule has 0 bridgehead atoms. The highest BCUT2D eigenvalue weighted by Crippen LogP contribution is 2.37. The molecular formula is C31H33F2N5O8. The van der Waals surface area contributed by atoms with E-state index < -0.39 is 46.4 Å². The molecule has 13 nitrogen and oxygen atoms in total. The van der Waals surface area contributed by atoms with Crippen LogP contribution in [0.4, 0.5) is 25.1 Å². The fourth-order valence-corrected chi connectivity index (χ4v) is 5.86. The normalized spacial score (nSPS) is 21.7. The molecule has 3 fully saturated rings. The maximum atomic E-state index is 15.4. The lowest BCUT2D eigenvalue weighted by molar-refractivity contribution is -0.119. The summed E-state index contributed by atoms with van der Waals surface area (Å²) in [5.41, 5.74) is -2.15. The zero-order valence-electron chi connectivity index (χ0n) is 25.0. The summed E-state index contributed by atoms with van der Waals surface area (Å²) in [6.07, 6.45) is 2.46. The molecule has 6 rings (SSSR count). The van der Waals surface area contributed by atoms with E-state index in [4.69, 9.17) is 9.47 Å². The van der Waals surface area contributed by atoms with Crippen molar-refractivity contribution in [3.05, 3.63) is 57.9 Å². The molecule has 15 heteroatoms. The van der Waals surface area contributed by atoms with E-state index in [-0.39, 0.29) is 79.3 Å². The standard InChI is InChI=1S/C31H33F2N5O8/c1-17(39)34-13-20-14-38(30(43)46-20)19-5-6-25(23(32)11-19)45-16-31(44)7-2-9-36(10-8-31)28-24(33)12-21-26(40)22(29(41)42)15-37(18-3-4-18)27(21)35-28/h5-6,11-12,15,18,20,44H,2-4,7-10,13-14,16H2,1H3,(H,34,39)(H,41,42)/t20-,31?/m0/s1. The Balaban J connectivity index is 1.13. The summed E-state index contributed by atoms with van der Waals surface area (Å²) in [5.74, 6) is -3.30. The van der Waals surface area contributed by atoms with Crippen molar-refractivity contribution in [2.45, 2.75) is 56.8 Å². The molecule has 2 aromatic heterocycles. The Hall–Kier alpha value is -4.79. The molecule has 2 aliphatic heterocycles. The van der Waals surface area contributed by atoms with Crippen molar-refractivity contribution in [2.24, 2.45) is 0 Å². The number of carboxylic acid groups (broad SMARTS) is 1. The van der Waals surface area contributed by atoms with Crippen molar-refractivity contribution in [3.8, 4) is 5.75 Å². The molecule has 1 aliphatic carbocycles. The van der Waals surface area contributed by atoms with Crippen molar-refractivity contribution in [1.82, 2.24) is 14.9 Å². The van der Waals surface area contributed by atoms with Crippen LogP contribution in [0, 0.1) is 11.6 Å². The molecule has 46 heavy (non-hydrogen) atoms. The number of cyclic esters (lactones) is 1. The van der Waals surface area contributed by atoms with Crippen LogP contribution in [0.15, 0.2) is 35.3 Å². The fraction of sp³-hybridized carbons (Fsp3) is 0.452. The van der Waals surface area contributed by atoms with E-state index in [2.05, 4.69) is 10.3 Å². The van der Waals surface area contributed by atoms with Crippen LogP contribution in [0.1, 0.15) is 55.4 Å². The summed E-state index contributed by atoms with van der Waals surface area (Å²) < 4.78 is 42.9. The number of hydrogen-bond donors (Lipinski definition) is 3. The number of carboxylic acids is 1. The van der Waals surface area contributed by atoms with Crippen LogP contribution in [-0.4, -0.2) is 82.2 Å². The number of aliphatic hydroxyl groups is 1. The third-order valence-corrected chi connectivity index (χ3v) is 8.50. The molecular weight excluding hydrogens is 608 g/mol. The van der Waals surface area contributed by atoms with Crippen molar-refractivity contribution < 1.29 is 42.9 Å². The second kappa shape index (κ2) is 12.2. The number of amides is 2. The lowest BCUT2D eigenvalue weighted by Crippen LogP contribution is -2.37. The van der Waals surface area contributed by atoms with E-state index in [1.165, 1.54) is 30.2 Å². The van der Waals surface area contributed by atoms with Crippen LogP contribution in [0.5, 0.6) is 5.75 Å². The number of ether oxygens (including phenoxy) is 2. The summed E-state index contributed by atoms with van der Waals surface area (Å²) in [7, 11) is 0. The molecule has 1 unspecified atom stereocenters. The Labute approximate surface area is 261 Å². The molecule has 2 saturated heterocycles. The molecule has 0 radical (unpaired) electrons. The van der Waals surface area contributed by atoms with E-state index in [0.717, 1.165) is 25.0 Å². The molecule has 3 N–H and O–H groups in total. The smallest absolute Gasteiger partial charge is 0.414 e. The van der Waals surface area contributed by atoms with Crippen molar-refractivity contribution in [2.75, 3.05) is 42.6 Å². The Kier molecular flexibility index (Phi) is 8.27. The Morgan fingerprint density at radius 3 is 2.63 bits per heavy atom. The number of halogens is 2. The largest absolute Gasteiger partial charge is 0.488 e. The highest BCUT2D eigenvalue weighted by Gasteiger charge is 2.35. The first-order valence-electron chi connectivity index (χ1n) is 15.0. The van der Waals surface area contributed by atoms with Gasteiger partial charge in [0, 0.05) is 38.3 Å². The number of benzene rings is 1. The number of carbonyl (C=O) groups excluding carboxylic acids is 2. The quantitative estimate of drug-likeness (QED) is 0.317. The second-order valence-corrected chi connectivity index (χ2v) is 12.0. The first-order valence-corrected chi connectivity index (χ1v) is 15.0. The molecule has 3 aliphatic rings. The van der Waals surface area contributed by atoms with E-state index >= 15 is 8.78 Å². The van der Waals surface area contributed by atoms with Gasteiger partial charge in [-0.05, 0) is 50.3 Å².